The van der Waals surface area contributed by atoms with Crippen molar-refractivity contribution < 1.29 is 9.53 Å². The van der Waals surface area contributed by atoms with Gasteiger partial charge in [-0.15, -0.1) is 0 Å². The maximum absolute atomic E-state index is 12.7. The summed E-state index contributed by atoms with van der Waals surface area (Å²) in [6.45, 7) is 9.61. The number of rotatable bonds is 5. The summed E-state index contributed by atoms with van der Waals surface area (Å²) in [7, 11) is 0. The van der Waals surface area contributed by atoms with Crippen LogP contribution in [0.5, 0.6) is 0 Å². The zero-order chi connectivity index (χ0) is 18.4. The van der Waals surface area contributed by atoms with Crippen LogP contribution in [0.15, 0.2) is 65.7 Å². The Bertz CT molecular complexity index is 671. The van der Waals surface area contributed by atoms with Crippen molar-refractivity contribution in [3.05, 3.63) is 71.8 Å². The molecule has 0 saturated heterocycles. The van der Waals surface area contributed by atoms with Crippen molar-refractivity contribution in [2.75, 3.05) is 0 Å². The molecule has 0 aliphatic heterocycles. The third kappa shape index (κ3) is 5.56. The fourth-order valence-corrected chi connectivity index (χ4v) is 2.48. The SMILES string of the molecule is CC(C)C(N=C(c1ccccc1)c1ccccc1)C(=O)OC(C)(C)C. The first kappa shape index (κ1) is 18.9. The standard InChI is InChI=1S/C22H27NO2/c1-16(2)19(21(24)25-22(3,4)5)23-20(17-12-8-6-9-13-17)18-14-10-7-11-15-18/h6-16,19H,1-5H3. The number of carbonyl (C=O) groups is 1. The van der Waals surface area contributed by atoms with Crippen molar-refractivity contribution in [2.24, 2.45) is 10.9 Å². The highest BCUT2D eigenvalue weighted by atomic mass is 16.6. The number of carbonyl (C=O) groups excluding carboxylic acids is 1. The second-order valence-electron chi connectivity index (χ2n) is 7.43. The van der Waals surface area contributed by atoms with Gasteiger partial charge >= 0.3 is 5.97 Å². The lowest BCUT2D eigenvalue weighted by Gasteiger charge is -2.24. The molecule has 0 radical (unpaired) electrons. The van der Waals surface area contributed by atoms with Crippen LogP contribution in [0.3, 0.4) is 0 Å². The van der Waals surface area contributed by atoms with Crippen LogP contribution >= 0.6 is 0 Å². The Labute approximate surface area is 150 Å². The van der Waals surface area contributed by atoms with Crippen LogP contribution in [-0.2, 0) is 9.53 Å². The Kier molecular flexibility index (Phi) is 6.13. The van der Waals surface area contributed by atoms with Crippen LogP contribution in [0.1, 0.15) is 45.7 Å². The quantitative estimate of drug-likeness (QED) is 0.575. The van der Waals surface area contributed by atoms with Gasteiger partial charge in [0, 0.05) is 11.1 Å². The lowest BCUT2D eigenvalue weighted by atomic mass is 9.99. The molecule has 1 atom stereocenters. The number of hydrogen-bond donors (Lipinski definition) is 0. The van der Waals surface area contributed by atoms with E-state index in [-0.39, 0.29) is 11.9 Å². The maximum atomic E-state index is 12.7. The average molecular weight is 337 g/mol. The van der Waals surface area contributed by atoms with Gasteiger partial charge in [-0.1, -0.05) is 74.5 Å². The van der Waals surface area contributed by atoms with E-state index in [1.165, 1.54) is 0 Å². The fraction of sp³-hybridized carbons (Fsp3) is 0.364. The first-order valence-corrected chi connectivity index (χ1v) is 8.69. The minimum atomic E-state index is -0.547. The minimum Gasteiger partial charge on any atom is -0.458 e. The first-order valence-electron chi connectivity index (χ1n) is 8.69. The molecule has 25 heavy (non-hydrogen) atoms. The van der Waals surface area contributed by atoms with E-state index in [0.29, 0.717) is 0 Å². The fourth-order valence-electron chi connectivity index (χ4n) is 2.48. The van der Waals surface area contributed by atoms with E-state index >= 15 is 0 Å². The highest BCUT2D eigenvalue weighted by Gasteiger charge is 2.28. The maximum Gasteiger partial charge on any atom is 0.331 e. The Balaban J connectivity index is 2.48. The van der Waals surface area contributed by atoms with Gasteiger partial charge in [0.2, 0.25) is 0 Å². The molecule has 0 bridgehead atoms. The van der Waals surface area contributed by atoms with E-state index in [4.69, 9.17) is 9.73 Å². The molecular formula is C22H27NO2. The van der Waals surface area contributed by atoms with Gasteiger partial charge in [-0.3, -0.25) is 4.99 Å². The summed E-state index contributed by atoms with van der Waals surface area (Å²) in [5.74, 6) is -0.246. The van der Waals surface area contributed by atoms with Crippen molar-refractivity contribution in [2.45, 2.75) is 46.3 Å². The molecule has 2 aromatic carbocycles. The molecule has 0 amide bonds. The molecule has 0 heterocycles. The molecule has 132 valence electrons. The molecule has 2 aromatic rings. The van der Waals surface area contributed by atoms with E-state index in [0.717, 1.165) is 16.8 Å². The Morgan fingerprint density at radius 1 is 0.880 bits per heavy atom. The van der Waals surface area contributed by atoms with Crippen LogP contribution in [0.4, 0.5) is 0 Å². The van der Waals surface area contributed by atoms with Gasteiger partial charge in [-0.25, -0.2) is 4.79 Å². The van der Waals surface area contributed by atoms with E-state index < -0.39 is 11.6 Å². The molecule has 0 aliphatic carbocycles. The van der Waals surface area contributed by atoms with E-state index in [1.54, 1.807) is 0 Å². The number of benzene rings is 2. The van der Waals surface area contributed by atoms with E-state index in [1.807, 2.05) is 95.3 Å². The van der Waals surface area contributed by atoms with Gasteiger partial charge in [0.1, 0.15) is 5.60 Å². The normalized spacial score (nSPS) is 12.6. The molecule has 0 aromatic heterocycles. The van der Waals surface area contributed by atoms with Gasteiger partial charge in [0.25, 0.3) is 0 Å². The molecule has 0 aliphatic rings. The van der Waals surface area contributed by atoms with Crippen LogP contribution < -0.4 is 0 Å². The molecule has 0 spiro atoms. The summed E-state index contributed by atoms with van der Waals surface area (Å²) in [5, 5.41) is 0. The third-order valence-electron chi connectivity index (χ3n) is 3.64. The molecule has 1 unspecified atom stereocenters. The third-order valence-corrected chi connectivity index (χ3v) is 3.64. The smallest absolute Gasteiger partial charge is 0.331 e. The zero-order valence-electron chi connectivity index (χ0n) is 15.7. The predicted octanol–water partition coefficient (Wildman–Crippen LogP) is 4.89. The van der Waals surface area contributed by atoms with Gasteiger partial charge in [-0.05, 0) is 26.7 Å². The molecular weight excluding hydrogens is 310 g/mol. The zero-order valence-corrected chi connectivity index (χ0v) is 15.7. The highest BCUT2D eigenvalue weighted by Crippen LogP contribution is 2.19. The highest BCUT2D eigenvalue weighted by molar-refractivity contribution is 6.13. The van der Waals surface area contributed by atoms with Crippen LogP contribution in [-0.4, -0.2) is 23.3 Å². The van der Waals surface area contributed by atoms with Gasteiger partial charge in [0.05, 0.1) is 5.71 Å². The van der Waals surface area contributed by atoms with Crippen LogP contribution in [0.25, 0.3) is 0 Å². The summed E-state index contributed by atoms with van der Waals surface area (Å²) in [6, 6.07) is 19.4. The average Bonchev–Trinajstić information content (AvgIpc) is 2.55. The second kappa shape index (κ2) is 8.11. The number of nitrogens with zero attached hydrogens (tertiary/aromatic N) is 1. The molecule has 0 fully saturated rings. The van der Waals surface area contributed by atoms with Crippen molar-refractivity contribution in [3.8, 4) is 0 Å². The summed E-state index contributed by atoms with van der Waals surface area (Å²) in [5.41, 5.74) is 2.26. The first-order chi connectivity index (χ1) is 11.8. The van der Waals surface area contributed by atoms with Gasteiger partial charge in [-0.2, -0.15) is 0 Å². The Hall–Kier alpha value is -2.42. The second-order valence-corrected chi connectivity index (χ2v) is 7.43. The minimum absolute atomic E-state index is 0.0391. The predicted molar refractivity (Wildman–Crippen MR) is 103 cm³/mol. The lowest BCUT2D eigenvalue weighted by molar-refractivity contribution is -0.157. The summed E-state index contributed by atoms with van der Waals surface area (Å²) >= 11 is 0. The van der Waals surface area contributed by atoms with Gasteiger partial charge < -0.3 is 4.74 Å². The number of aliphatic imine (C=N–C) groups is 1. The Morgan fingerprint density at radius 2 is 1.32 bits per heavy atom. The van der Waals surface area contributed by atoms with Crippen molar-refractivity contribution in [1.82, 2.24) is 0 Å². The molecule has 0 saturated carbocycles. The van der Waals surface area contributed by atoms with Crippen molar-refractivity contribution in [1.29, 1.82) is 0 Å². The van der Waals surface area contributed by atoms with Crippen molar-refractivity contribution >= 4 is 11.7 Å². The largest absolute Gasteiger partial charge is 0.458 e. The number of esters is 1. The van der Waals surface area contributed by atoms with Crippen molar-refractivity contribution in [3.63, 3.8) is 0 Å². The summed E-state index contributed by atoms with van der Waals surface area (Å²) in [6.07, 6.45) is 0. The topological polar surface area (TPSA) is 38.7 Å². The molecule has 3 nitrogen and oxygen atoms in total. The lowest BCUT2D eigenvalue weighted by Crippen LogP contribution is -2.34. The van der Waals surface area contributed by atoms with Crippen LogP contribution in [0.2, 0.25) is 0 Å². The summed E-state index contributed by atoms with van der Waals surface area (Å²) in [4.78, 5) is 17.5. The number of ether oxygens (including phenoxy) is 1. The molecule has 3 heteroatoms. The van der Waals surface area contributed by atoms with Gasteiger partial charge in [0.15, 0.2) is 6.04 Å². The monoisotopic (exact) mass is 337 g/mol. The summed E-state index contributed by atoms with van der Waals surface area (Å²) < 4.78 is 5.59. The molecule has 2 rings (SSSR count). The molecule has 0 N–H and O–H groups in total. The number of hydrogen-bond acceptors (Lipinski definition) is 3. The van der Waals surface area contributed by atoms with E-state index in [9.17, 15) is 4.79 Å². The van der Waals surface area contributed by atoms with E-state index in [2.05, 4.69) is 0 Å². The van der Waals surface area contributed by atoms with Crippen LogP contribution in [0, 0.1) is 5.92 Å². The Morgan fingerprint density at radius 3 is 1.68 bits per heavy atom.